The van der Waals surface area contributed by atoms with Crippen LogP contribution in [0, 0.1) is 0 Å². The quantitative estimate of drug-likeness (QED) is 0.628. The van der Waals surface area contributed by atoms with Crippen LogP contribution in [0.5, 0.6) is 0 Å². The Labute approximate surface area is 106 Å². The lowest BCUT2D eigenvalue weighted by Crippen LogP contribution is -2.31. The van der Waals surface area contributed by atoms with Crippen LogP contribution >= 0.6 is 0 Å². The van der Waals surface area contributed by atoms with Crippen molar-refractivity contribution in [3.05, 3.63) is 29.8 Å². The molecular weight excluding hydrogens is 256 g/mol. The number of benzene rings is 1. The lowest BCUT2D eigenvalue weighted by atomic mass is 10.1. The number of aliphatic hydroxyl groups excluding tert-OH is 1. The van der Waals surface area contributed by atoms with Crippen molar-refractivity contribution in [3.63, 3.8) is 0 Å². The summed E-state index contributed by atoms with van der Waals surface area (Å²) in [6.07, 6.45) is 0.297. The Hall–Kier alpha value is -1.44. The Morgan fingerprint density at radius 1 is 1.39 bits per heavy atom. The van der Waals surface area contributed by atoms with Crippen LogP contribution in [0.2, 0.25) is 0 Å². The molecule has 0 aliphatic rings. The fourth-order valence-corrected chi connectivity index (χ4v) is 2.02. The summed E-state index contributed by atoms with van der Waals surface area (Å²) >= 11 is 0. The second-order valence-electron chi connectivity index (χ2n) is 3.95. The number of primary amides is 1. The van der Waals surface area contributed by atoms with Crippen molar-refractivity contribution in [1.29, 1.82) is 0 Å². The minimum atomic E-state index is -3.23. The highest BCUT2D eigenvalue weighted by Crippen LogP contribution is 2.15. The minimum absolute atomic E-state index is 0.0154. The number of amides is 1. The summed E-state index contributed by atoms with van der Waals surface area (Å²) in [5, 5.41) is 12.4. The van der Waals surface area contributed by atoms with Gasteiger partial charge in [-0.1, -0.05) is 12.1 Å². The molecule has 0 aliphatic carbocycles. The Morgan fingerprint density at radius 2 is 1.94 bits per heavy atom. The van der Waals surface area contributed by atoms with E-state index in [4.69, 9.17) is 5.73 Å². The van der Waals surface area contributed by atoms with Crippen LogP contribution in [0.4, 0.5) is 0 Å². The molecule has 1 unspecified atom stereocenters. The number of nitrogens with two attached hydrogens (primary N) is 1. The highest BCUT2D eigenvalue weighted by Gasteiger charge is 2.10. The molecule has 0 bridgehead atoms. The van der Waals surface area contributed by atoms with E-state index in [-0.39, 0.29) is 18.0 Å². The zero-order valence-corrected chi connectivity index (χ0v) is 10.8. The molecule has 4 N–H and O–H groups in total. The first kappa shape index (κ1) is 14.6. The molecule has 1 aromatic rings. The molecule has 0 heterocycles. The van der Waals surface area contributed by atoms with Crippen molar-refractivity contribution < 1.29 is 18.3 Å². The van der Waals surface area contributed by atoms with Gasteiger partial charge in [-0.15, -0.1) is 0 Å². The number of hydrogen-bond acceptors (Lipinski definition) is 5. The summed E-state index contributed by atoms with van der Waals surface area (Å²) in [6, 6.07) is 5.93. The molecule has 1 rings (SSSR count). The molecule has 0 saturated carbocycles. The maximum atomic E-state index is 11.2. The summed E-state index contributed by atoms with van der Waals surface area (Å²) in [5.41, 5.74) is 5.50. The number of hydrogen-bond donors (Lipinski definition) is 3. The molecule has 1 atom stereocenters. The monoisotopic (exact) mass is 272 g/mol. The maximum absolute atomic E-state index is 11.2. The molecule has 1 aromatic carbocycles. The van der Waals surface area contributed by atoms with Gasteiger partial charge in [-0.05, 0) is 17.7 Å². The Morgan fingerprint density at radius 3 is 2.39 bits per heavy atom. The molecular formula is C11H16N2O4S. The van der Waals surface area contributed by atoms with Gasteiger partial charge in [0, 0.05) is 12.8 Å². The molecule has 0 aliphatic heterocycles. The van der Waals surface area contributed by atoms with Gasteiger partial charge in [0.25, 0.3) is 0 Å². The van der Waals surface area contributed by atoms with E-state index in [1.54, 1.807) is 0 Å². The first-order valence-electron chi connectivity index (χ1n) is 5.28. The van der Waals surface area contributed by atoms with E-state index in [0.29, 0.717) is 5.56 Å². The van der Waals surface area contributed by atoms with Crippen LogP contribution in [0.1, 0.15) is 11.7 Å². The van der Waals surface area contributed by atoms with Crippen molar-refractivity contribution in [3.8, 4) is 0 Å². The van der Waals surface area contributed by atoms with E-state index in [1.165, 1.54) is 24.3 Å². The molecule has 0 saturated heterocycles. The topological polar surface area (TPSA) is 109 Å². The van der Waals surface area contributed by atoms with Gasteiger partial charge in [-0.3, -0.25) is 4.79 Å². The van der Waals surface area contributed by atoms with Crippen LogP contribution in [0.15, 0.2) is 29.2 Å². The average molecular weight is 272 g/mol. The molecule has 0 spiro atoms. The molecule has 100 valence electrons. The fraction of sp³-hybridized carbons (Fsp3) is 0.364. The number of carbonyl (C=O) groups excluding carboxylic acids is 1. The van der Waals surface area contributed by atoms with E-state index in [2.05, 4.69) is 5.32 Å². The van der Waals surface area contributed by atoms with Crippen molar-refractivity contribution in [2.45, 2.75) is 11.0 Å². The van der Waals surface area contributed by atoms with Gasteiger partial charge in [-0.2, -0.15) is 0 Å². The van der Waals surface area contributed by atoms with Crippen molar-refractivity contribution >= 4 is 15.7 Å². The number of rotatable bonds is 6. The molecule has 0 aromatic heterocycles. The third kappa shape index (κ3) is 4.44. The van der Waals surface area contributed by atoms with Gasteiger partial charge in [0.2, 0.25) is 5.91 Å². The number of nitrogens with one attached hydrogen (secondary N) is 1. The molecule has 7 heteroatoms. The molecule has 0 radical (unpaired) electrons. The summed E-state index contributed by atoms with van der Waals surface area (Å²) < 4.78 is 22.5. The summed E-state index contributed by atoms with van der Waals surface area (Å²) in [6.45, 7) is 0.152. The predicted octanol–water partition coefficient (Wildman–Crippen LogP) is -0.802. The van der Waals surface area contributed by atoms with Gasteiger partial charge in [0.05, 0.1) is 17.5 Å². The van der Waals surface area contributed by atoms with Crippen LogP contribution in [-0.4, -0.2) is 38.8 Å². The summed E-state index contributed by atoms with van der Waals surface area (Å²) in [4.78, 5) is 10.7. The second kappa shape index (κ2) is 5.94. The van der Waals surface area contributed by atoms with Gasteiger partial charge in [0.15, 0.2) is 9.84 Å². The van der Waals surface area contributed by atoms with E-state index in [0.717, 1.165) is 6.26 Å². The average Bonchev–Trinajstić information content (AvgIpc) is 2.27. The largest absolute Gasteiger partial charge is 0.387 e. The molecule has 6 nitrogen and oxygen atoms in total. The first-order valence-corrected chi connectivity index (χ1v) is 7.17. The molecule has 18 heavy (non-hydrogen) atoms. The van der Waals surface area contributed by atoms with E-state index < -0.39 is 21.8 Å². The van der Waals surface area contributed by atoms with Gasteiger partial charge >= 0.3 is 0 Å². The zero-order chi connectivity index (χ0) is 13.8. The van der Waals surface area contributed by atoms with E-state index >= 15 is 0 Å². The van der Waals surface area contributed by atoms with E-state index in [1.807, 2.05) is 0 Å². The zero-order valence-electron chi connectivity index (χ0n) is 9.96. The Bertz CT molecular complexity index is 510. The van der Waals surface area contributed by atoms with Crippen LogP contribution in [-0.2, 0) is 14.6 Å². The standard InChI is InChI=1S/C11H16N2O4S/c1-18(16,17)9-4-2-8(3-5-9)10(14)6-13-7-11(12)15/h2-5,10,13-14H,6-7H2,1H3,(H2,12,15). The first-order chi connectivity index (χ1) is 8.30. The summed E-state index contributed by atoms with van der Waals surface area (Å²) in [5.74, 6) is -0.505. The lowest BCUT2D eigenvalue weighted by Gasteiger charge is -2.11. The predicted molar refractivity (Wildman–Crippen MR) is 66.6 cm³/mol. The Kier molecular flexibility index (Phi) is 4.83. The van der Waals surface area contributed by atoms with Crippen LogP contribution < -0.4 is 11.1 Å². The van der Waals surface area contributed by atoms with Gasteiger partial charge < -0.3 is 16.2 Å². The van der Waals surface area contributed by atoms with Crippen molar-refractivity contribution in [1.82, 2.24) is 5.32 Å². The molecule has 0 fully saturated rings. The van der Waals surface area contributed by atoms with Gasteiger partial charge in [-0.25, -0.2) is 8.42 Å². The highest BCUT2D eigenvalue weighted by molar-refractivity contribution is 7.90. The smallest absolute Gasteiger partial charge is 0.231 e. The summed E-state index contributed by atoms with van der Waals surface area (Å²) in [7, 11) is -3.23. The minimum Gasteiger partial charge on any atom is -0.387 e. The van der Waals surface area contributed by atoms with Crippen LogP contribution in [0.3, 0.4) is 0 Å². The van der Waals surface area contributed by atoms with Crippen molar-refractivity contribution in [2.24, 2.45) is 5.73 Å². The maximum Gasteiger partial charge on any atom is 0.231 e. The fourth-order valence-electron chi connectivity index (χ4n) is 1.39. The number of carbonyl (C=O) groups is 1. The third-order valence-electron chi connectivity index (χ3n) is 2.33. The van der Waals surface area contributed by atoms with Crippen LogP contribution in [0.25, 0.3) is 0 Å². The van der Waals surface area contributed by atoms with Crippen molar-refractivity contribution in [2.75, 3.05) is 19.3 Å². The Balaban J connectivity index is 2.65. The number of aliphatic hydroxyl groups is 1. The normalized spacial score (nSPS) is 13.2. The lowest BCUT2D eigenvalue weighted by molar-refractivity contribution is -0.117. The number of sulfone groups is 1. The highest BCUT2D eigenvalue weighted by atomic mass is 32.2. The third-order valence-corrected chi connectivity index (χ3v) is 3.46. The van der Waals surface area contributed by atoms with E-state index in [9.17, 15) is 18.3 Å². The second-order valence-corrected chi connectivity index (χ2v) is 5.97. The van der Waals surface area contributed by atoms with Gasteiger partial charge in [0.1, 0.15) is 0 Å². The molecule has 1 amide bonds. The SMILES string of the molecule is CS(=O)(=O)c1ccc(C(O)CNCC(N)=O)cc1.